The van der Waals surface area contributed by atoms with E-state index in [0.717, 1.165) is 12.1 Å². The highest BCUT2D eigenvalue weighted by atomic mass is 14.9. The van der Waals surface area contributed by atoms with Gasteiger partial charge in [0.25, 0.3) is 0 Å². The van der Waals surface area contributed by atoms with Gasteiger partial charge in [-0.2, -0.15) is 10.5 Å². The molecule has 100 valence electrons. The number of hydrogen-bond donors (Lipinski definition) is 1. The third-order valence-electron chi connectivity index (χ3n) is 3.16. The second-order valence-corrected chi connectivity index (χ2v) is 4.88. The summed E-state index contributed by atoms with van der Waals surface area (Å²) >= 11 is 0. The predicted octanol–water partition coefficient (Wildman–Crippen LogP) is 4.20. The Kier molecular flexibility index (Phi) is 6.47. The van der Waals surface area contributed by atoms with Crippen LogP contribution < -0.4 is 5.32 Å². The van der Waals surface area contributed by atoms with Crippen LogP contribution in [-0.2, 0) is 0 Å². The molecule has 1 aromatic carbocycles. The second-order valence-electron chi connectivity index (χ2n) is 4.88. The van der Waals surface area contributed by atoms with Gasteiger partial charge in [-0.1, -0.05) is 32.6 Å². The van der Waals surface area contributed by atoms with Crippen LogP contribution in [0.4, 0.5) is 5.69 Å². The molecule has 0 saturated heterocycles. The molecule has 19 heavy (non-hydrogen) atoms. The van der Waals surface area contributed by atoms with Gasteiger partial charge in [0.05, 0.1) is 11.1 Å². The highest BCUT2D eigenvalue weighted by Gasteiger charge is 2.05. The molecule has 3 nitrogen and oxygen atoms in total. The average molecular weight is 255 g/mol. The lowest BCUT2D eigenvalue weighted by atomic mass is 10.1. The molecule has 1 rings (SSSR count). The maximum absolute atomic E-state index is 8.98. The summed E-state index contributed by atoms with van der Waals surface area (Å²) in [6, 6.07) is 9.78. The van der Waals surface area contributed by atoms with E-state index in [4.69, 9.17) is 10.5 Å². The molecular weight excluding hydrogens is 234 g/mol. The van der Waals surface area contributed by atoms with E-state index < -0.39 is 0 Å². The molecule has 0 amide bonds. The molecule has 0 fully saturated rings. The van der Waals surface area contributed by atoms with Gasteiger partial charge in [-0.25, -0.2) is 0 Å². The van der Waals surface area contributed by atoms with Gasteiger partial charge in [-0.05, 0) is 31.5 Å². The first-order valence-corrected chi connectivity index (χ1v) is 6.92. The van der Waals surface area contributed by atoms with Crippen molar-refractivity contribution in [3.63, 3.8) is 0 Å². The topological polar surface area (TPSA) is 59.6 Å². The van der Waals surface area contributed by atoms with Crippen molar-refractivity contribution in [2.45, 2.75) is 52.0 Å². The molecule has 0 spiro atoms. The van der Waals surface area contributed by atoms with Gasteiger partial charge < -0.3 is 5.32 Å². The monoisotopic (exact) mass is 255 g/mol. The van der Waals surface area contributed by atoms with Crippen LogP contribution in [0.25, 0.3) is 0 Å². The Hall–Kier alpha value is -2.00. The van der Waals surface area contributed by atoms with Crippen molar-refractivity contribution in [3.8, 4) is 12.1 Å². The molecule has 0 radical (unpaired) electrons. The second kappa shape index (κ2) is 8.16. The molecular formula is C16H21N3. The van der Waals surface area contributed by atoms with Crippen LogP contribution >= 0.6 is 0 Å². The number of benzene rings is 1. The molecule has 0 bridgehead atoms. The maximum Gasteiger partial charge on any atom is 0.101 e. The number of anilines is 1. The van der Waals surface area contributed by atoms with E-state index in [1.807, 2.05) is 12.1 Å². The van der Waals surface area contributed by atoms with E-state index in [1.54, 1.807) is 12.1 Å². The maximum atomic E-state index is 8.98. The molecule has 0 aliphatic heterocycles. The number of nitriles is 2. The van der Waals surface area contributed by atoms with Crippen LogP contribution in [0.3, 0.4) is 0 Å². The fourth-order valence-corrected chi connectivity index (χ4v) is 2.06. The summed E-state index contributed by atoms with van der Waals surface area (Å²) in [6.07, 6.45) is 6.18. The molecule has 3 heteroatoms. The zero-order chi connectivity index (χ0) is 14.1. The summed E-state index contributed by atoms with van der Waals surface area (Å²) in [5.41, 5.74) is 1.79. The number of nitrogens with one attached hydrogen (secondary N) is 1. The Morgan fingerprint density at radius 3 is 2.47 bits per heavy atom. The number of nitrogens with zero attached hydrogens (tertiary/aromatic N) is 2. The first kappa shape index (κ1) is 15.1. The minimum atomic E-state index is 0.385. The fraction of sp³-hybridized carbons (Fsp3) is 0.500. The van der Waals surface area contributed by atoms with Crippen molar-refractivity contribution in [2.24, 2.45) is 0 Å². The molecule has 1 atom stereocenters. The Morgan fingerprint density at radius 1 is 1.11 bits per heavy atom. The van der Waals surface area contributed by atoms with Gasteiger partial charge >= 0.3 is 0 Å². The van der Waals surface area contributed by atoms with Crippen molar-refractivity contribution in [2.75, 3.05) is 5.32 Å². The Morgan fingerprint density at radius 2 is 1.84 bits per heavy atom. The number of unbranched alkanes of at least 4 members (excludes halogenated alkanes) is 3. The summed E-state index contributed by atoms with van der Waals surface area (Å²) in [7, 11) is 0. The molecule has 0 heterocycles. The van der Waals surface area contributed by atoms with Gasteiger partial charge in [0, 0.05) is 11.7 Å². The molecule has 0 aliphatic carbocycles. The van der Waals surface area contributed by atoms with Crippen LogP contribution in [0.2, 0.25) is 0 Å². The van der Waals surface area contributed by atoms with Gasteiger partial charge in [0.15, 0.2) is 0 Å². The third-order valence-corrected chi connectivity index (χ3v) is 3.16. The molecule has 0 aliphatic rings. The SMILES string of the molecule is CCCCCCC(C)Nc1ccc(C#N)c(C#N)c1. The van der Waals surface area contributed by atoms with Crippen molar-refractivity contribution in [1.82, 2.24) is 0 Å². The van der Waals surface area contributed by atoms with Crippen LogP contribution in [0, 0.1) is 22.7 Å². The lowest BCUT2D eigenvalue weighted by Gasteiger charge is -2.15. The summed E-state index contributed by atoms with van der Waals surface area (Å²) in [6.45, 7) is 4.36. The van der Waals surface area contributed by atoms with E-state index in [-0.39, 0.29) is 0 Å². The average Bonchev–Trinajstić information content (AvgIpc) is 2.43. The van der Waals surface area contributed by atoms with Gasteiger partial charge in [-0.3, -0.25) is 0 Å². The van der Waals surface area contributed by atoms with Crippen LogP contribution in [0.1, 0.15) is 57.1 Å². The number of hydrogen-bond acceptors (Lipinski definition) is 3. The van der Waals surface area contributed by atoms with Gasteiger partial charge in [0.1, 0.15) is 12.1 Å². The Bertz CT molecular complexity index is 480. The largest absolute Gasteiger partial charge is 0.383 e. The molecule has 1 unspecified atom stereocenters. The van der Waals surface area contributed by atoms with Crippen molar-refractivity contribution in [1.29, 1.82) is 10.5 Å². The first-order valence-electron chi connectivity index (χ1n) is 6.92. The minimum absolute atomic E-state index is 0.385. The molecule has 1 aromatic rings. The van der Waals surface area contributed by atoms with E-state index >= 15 is 0 Å². The van der Waals surface area contributed by atoms with E-state index in [2.05, 4.69) is 25.2 Å². The van der Waals surface area contributed by atoms with Crippen LogP contribution in [0.5, 0.6) is 0 Å². The zero-order valence-electron chi connectivity index (χ0n) is 11.7. The fourth-order valence-electron chi connectivity index (χ4n) is 2.06. The summed E-state index contributed by atoms with van der Waals surface area (Å²) in [5, 5.41) is 21.2. The van der Waals surface area contributed by atoms with Crippen molar-refractivity contribution >= 4 is 5.69 Å². The summed E-state index contributed by atoms with van der Waals surface area (Å²) < 4.78 is 0. The molecule has 1 N–H and O–H groups in total. The quantitative estimate of drug-likeness (QED) is 0.743. The normalized spacial score (nSPS) is 11.4. The Balaban J connectivity index is 2.53. The predicted molar refractivity (Wildman–Crippen MR) is 77.7 cm³/mol. The summed E-state index contributed by atoms with van der Waals surface area (Å²) in [4.78, 5) is 0. The highest BCUT2D eigenvalue weighted by Crippen LogP contribution is 2.17. The standard InChI is InChI=1S/C16H21N3/c1-3-4-5-6-7-13(2)19-16-9-8-14(11-17)15(10-16)12-18/h8-10,13,19H,3-7H2,1-2H3. The first-order chi connectivity index (χ1) is 9.21. The van der Waals surface area contributed by atoms with E-state index in [0.29, 0.717) is 17.2 Å². The van der Waals surface area contributed by atoms with Gasteiger partial charge in [-0.15, -0.1) is 0 Å². The van der Waals surface area contributed by atoms with Crippen LogP contribution in [-0.4, -0.2) is 6.04 Å². The van der Waals surface area contributed by atoms with E-state index in [9.17, 15) is 0 Å². The molecule has 0 aromatic heterocycles. The highest BCUT2D eigenvalue weighted by molar-refractivity contribution is 5.56. The summed E-state index contributed by atoms with van der Waals surface area (Å²) in [5.74, 6) is 0. The third kappa shape index (κ3) is 5.02. The molecule has 0 saturated carbocycles. The van der Waals surface area contributed by atoms with E-state index in [1.165, 1.54) is 25.7 Å². The van der Waals surface area contributed by atoms with Crippen molar-refractivity contribution < 1.29 is 0 Å². The zero-order valence-corrected chi connectivity index (χ0v) is 11.7. The van der Waals surface area contributed by atoms with Crippen LogP contribution in [0.15, 0.2) is 18.2 Å². The minimum Gasteiger partial charge on any atom is -0.383 e. The van der Waals surface area contributed by atoms with Crippen molar-refractivity contribution in [3.05, 3.63) is 29.3 Å². The lowest BCUT2D eigenvalue weighted by molar-refractivity contribution is 0.594. The number of rotatable bonds is 7. The lowest BCUT2D eigenvalue weighted by Crippen LogP contribution is -2.15. The Labute approximate surface area is 115 Å². The smallest absolute Gasteiger partial charge is 0.101 e. The van der Waals surface area contributed by atoms with Gasteiger partial charge in [0.2, 0.25) is 0 Å².